The Kier molecular flexibility index (Phi) is 4.40. The SMILES string of the molecule is CCOC(F)(F)C(F)N1C(F)(F)C(F)(F)OC(F)(F)C1(F)F. The van der Waals surface area contributed by atoms with Crippen molar-refractivity contribution < 1.29 is 57.8 Å². The lowest BCUT2D eigenvalue weighted by Gasteiger charge is -2.48. The molecule has 0 aliphatic carbocycles. The third-order valence-corrected chi connectivity index (χ3v) is 2.40. The fourth-order valence-corrected chi connectivity index (χ4v) is 1.44. The highest BCUT2D eigenvalue weighted by Crippen LogP contribution is 2.57. The minimum Gasteiger partial charge on any atom is -0.317 e. The molecule has 1 saturated heterocycles. The van der Waals surface area contributed by atoms with Gasteiger partial charge in [0.25, 0.3) is 6.30 Å². The molecule has 3 nitrogen and oxygen atoms in total. The molecule has 0 aromatic heterocycles. The molecule has 0 aromatic rings. The van der Waals surface area contributed by atoms with Gasteiger partial charge in [0.15, 0.2) is 0 Å². The smallest absolute Gasteiger partial charge is 0.317 e. The van der Waals surface area contributed by atoms with E-state index >= 15 is 0 Å². The molecule has 1 heterocycles. The number of nitrogens with zero attached hydrogens (tertiary/aromatic N) is 1. The van der Waals surface area contributed by atoms with Crippen LogP contribution in [0.1, 0.15) is 6.92 Å². The third-order valence-electron chi connectivity index (χ3n) is 2.40. The minimum atomic E-state index is -6.53. The second-order valence-electron chi connectivity index (χ2n) is 3.92. The predicted molar refractivity (Wildman–Crippen MR) is 44.2 cm³/mol. The van der Waals surface area contributed by atoms with E-state index in [1.165, 1.54) is 0 Å². The normalized spacial score (nSPS) is 28.4. The first kappa shape index (κ1) is 19.2. The average Bonchev–Trinajstić information content (AvgIpc) is 2.24. The summed E-state index contributed by atoms with van der Waals surface area (Å²) in [5, 5.41) is 0. The number of morpholine rings is 1. The predicted octanol–water partition coefficient (Wildman–Crippen LogP) is 3.61. The van der Waals surface area contributed by atoms with Gasteiger partial charge in [-0.25, -0.2) is 9.13 Å². The molecule has 14 heteroatoms. The van der Waals surface area contributed by atoms with Crippen LogP contribution in [0.4, 0.5) is 48.3 Å². The zero-order chi connectivity index (χ0) is 17.8. The van der Waals surface area contributed by atoms with E-state index in [1.54, 1.807) is 0 Å². The molecule has 0 radical (unpaired) electrons. The van der Waals surface area contributed by atoms with Gasteiger partial charge in [-0.2, -0.15) is 43.9 Å². The van der Waals surface area contributed by atoms with Gasteiger partial charge in [-0.15, -0.1) is 4.90 Å². The van der Waals surface area contributed by atoms with E-state index in [4.69, 9.17) is 0 Å². The Labute approximate surface area is 114 Å². The first-order valence-electron chi connectivity index (χ1n) is 5.21. The Morgan fingerprint density at radius 2 is 1.32 bits per heavy atom. The molecule has 0 bridgehead atoms. The monoisotopic (exact) mass is 357 g/mol. The summed E-state index contributed by atoms with van der Waals surface area (Å²) in [6.07, 6.45) is -23.3. The van der Waals surface area contributed by atoms with Gasteiger partial charge in [0.2, 0.25) is 0 Å². The van der Waals surface area contributed by atoms with Crippen LogP contribution in [0.5, 0.6) is 0 Å². The van der Waals surface area contributed by atoms with E-state index in [2.05, 4.69) is 4.74 Å². The van der Waals surface area contributed by atoms with Gasteiger partial charge in [-0.3, -0.25) is 0 Å². The van der Waals surface area contributed by atoms with Crippen molar-refractivity contribution >= 4 is 0 Å². The summed E-state index contributed by atoms with van der Waals surface area (Å²) in [4.78, 5) is -2.96. The number of hydrogen-bond donors (Lipinski definition) is 0. The Balaban J connectivity index is 3.43. The molecule has 1 unspecified atom stereocenters. The molecular weight excluding hydrogens is 351 g/mol. The Bertz CT molecular complexity index is 400. The maximum atomic E-state index is 13.3. The highest BCUT2D eigenvalue weighted by atomic mass is 19.4. The molecule has 1 rings (SSSR count). The van der Waals surface area contributed by atoms with Crippen LogP contribution in [0.3, 0.4) is 0 Å². The molecule has 0 N–H and O–H groups in total. The van der Waals surface area contributed by atoms with Crippen molar-refractivity contribution in [2.75, 3.05) is 6.61 Å². The number of halogens is 11. The van der Waals surface area contributed by atoms with Gasteiger partial charge >= 0.3 is 30.4 Å². The van der Waals surface area contributed by atoms with Crippen molar-refractivity contribution in [2.24, 2.45) is 0 Å². The Morgan fingerprint density at radius 3 is 1.64 bits per heavy atom. The molecule has 0 aromatic carbocycles. The van der Waals surface area contributed by atoms with E-state index in [0.29, 0.717) is 0 Å². The van der Waals surface area contributed by atoms with Gasteiger partial charge < -0.3 is 4.74 Å². The van der Waals surface area contributed by atoms with Crippen molar-refractivity contribution in [3.05, 3.63) is 0 Å². The Morgan fingerprint density at radius 1 is 0.955 bits per heavy atom. The van der Waals surface area contributed by atoms with Crippen molar-refractivity contribution in [2.45, 2.75) is 43.6 Å². The van der Waals surface area contributed by atoms with E-state index in [0.717, 1.165) is 6.92 Å². The molecule has 0 amide bonds. The Hall–Kier alpha value is -0.890. The van der Waals surface area contributed by atoms with Crippen LogP contribution in [0.2, 0.25) is 0 Å². The molecule has 132 valence electrons. The highest BCUT2D eigenvalue weighted by Gasteiger charge is 2.85. The minimum absolute atomic E-state index is 0.749. The van der Waals surface area contributed by atoms with Gasteiger partial charge in [-0.1, -0.05) is 0 Å². The third kappa shape index (κ3) is 2.60. The maximum absolute atomic E-state index is 13.3. The summed E-state index contributed by atoms with van der Waals surface area (Å²) in [5.41, 5.74) is 0. The summed E-state index contributed by atoms with van der Waals surface area (Å²) < 4.78 is 148. The zero-order valence-electron chi connectivity index (χ0n) is 10.2. The first-order valence-corrected chi connectivity index (χ1v) is 5.21. The fraction of sp³-hybridized carbons (Fsp3) is 1.00. The first-order chi connectivity index (χ1) is 9.54. The van der Waals surface area contributed by atoms with E-state index < -0.39 is 48.2 Å². The molecule has 1 aliphatic heterocycles. The second kappa shape index (κ2) is 5.06. The van der Waals surface area contributed by atoms with E-state index in [-0.39, 0.29) is 0 Å². The zero-order valence-corrected chi connectivity index (χ0v) is 10.2. The highest BCUT2D eigenvalue weighted by molar-refractivity contribution is 4.97. The van der Waals surface area contributed by atoms with Crippen LogP contribution in [0, 0.1) is 0 Å². The fourth-order valence-electron chi connectivity index (χ4n) is 1.44. The van der Waals surface area contributed by atoms with Gasteiger partial charge in [0.05, 0.1) is 6.61 Å². The largest absolute Gasteiger partial charge is 0.439 e. The van der Waals surface area contributed by atoms with Crippen molar-refractivity contribution in [3.8, 4) is 0 Å². The number of rotatable bonds is 4. The van der Waals surface area contributed by atoms with E-state index in [1.807, 2.05) is 4.74 Å². The number of ether oxygens (including phenoxy) is 2. The van der Waals surface area contributed by atoms with Gasteiger partial charge in [0.1, 0.15) is 0 Å². The van der Waals surface area contributed by atoms with Crippen LogP contribution in [0.15, 0.2) is 0 Å². The topological polar surface area (TPSA) is 21.7 Å². The summed E-state index contributed by atoms with van der Waals surface area (Å²) in [7, 11) is 0. The summed E-state index contributed by atoms with van der Waals surface area (Å²) in [6.45, 7) is -0.374. The van der Waals surface area contributed by atoms with Gasteiger partial charge in [-0.05, 0) is 6.92 Å². The number of hydrogen-bond acceptors (Lipinski definition) is 3. The quantitative estimate of drug-likeness (QED) is 0.567. The van der Waals surface area contributed by atoms with Crippen LogP contribution >= 0.6 is 0 Å². The molecule has 0 spiro atoms. The van der Waals surface area contributed by atoms with Crippen molar-refractivity contribution in [1.29, 1.82) is 0 Å². The number of alkyl halides is 11. The molecular formula is C8H6F11NO2. The van der Waals surface area contributed by atoms with Crippen molar-refractivity contribution in [1.82, 2.24) is 4.90 Å². The summed E-state index contributed by atoms with van der Waals surface area (Å²) in [5.74, 6) is 0. The van der Waals surface area contributed by atoms with Crippen LogP contribution in [0.25, 0.3) is 0 Å². The lowest BCUT2D eigenvalue weighted by atomic mass is 10.2. The molecule has 0 saturated carbocycles. The summed E-state index contributed by atoms with van der Waals surface area (Å²) >= 11 is 0. The molecule has 1 atom stereocenters. The van der Waals surface area contributed by atoms with Crippen LogP contribution in [-0.2, 0) is 9.47 Å². The lowest BCUT2D eigenvalue weighted by Crippen LogP contribution is -2.77. The van der Waals surface area contributed by atoms with Gasteiger partial charge in [0, 0.05) is 0 Å². The second-order valence-corrected chi connectivity index (χ2v) is 3.92. The van der Waals surface area contributed by atoms with E-state index in [9.17, 15) is 48.3 Å². The molecule has 22 heavy (non-hydrogen) atoms. The molecule has 1 fully saturated rings. The average molecular weight is 357 g/mol. The van der Waals surface area contributed by atoms with Crippen molar-refractivity contribution in [3.63, 3.8) is 0 Å². The standard InChI is InChI=1S/C8H6F11NO2/c1-2-21-4(10,11)3(9)20-5(12,13)7(16,17)22-8(18,19)6(20,14)15/h3H,2H2,1H3. The molecule has 1 aliphatic rings. The van der Waals surface area contributed by atoms with Crippen LogP contribution in [-0.4, -0.2) is 48.2 Å². The maximum Gasteiger partial charge on any atom is 0.439 e. The van der Waals surface area contributed by atoms with Crippen LogP contribution < -0.4 is 0 Å². The lowest BCUT2D eigenvalue weighted by molar-refractivity contribution is -0.578. The summed E-state index contributed by atoms with van der Waals surface area (Å²) in [6, 6.07) is -13.1.